The Morgan fingerprint density at radius 1 is 1.57 bits per heavy atom. The molecule has 0 saturated heterocycles. The van der Waals surface area contributed by atoms with E-state index < -0.39 is 0 Å². The Morgan fingerprint density at radius 3 is 2.93 bits per heavy atom. The standard InChI is InChI=1S/C9H18N4S/c1-4-5-10-7(2)6-14-9-11-8(3)12-13-9/h7,10H,4-6H2,1-3H3,(H,11,12,13). The van der Waals surface area contributed by atoms with Crippen LogP contribution < -0.4 is 5.32 Å². The van der Waals surface area contributed by atoms with Crippen molar-refractivity contribution in [2.75, 3.05) is 12.3 Å². The molecule has 0 aliphatic rings. The first-order valence-electron chi connectivity index (χ1n) is 4.97. The Bertz CT molecular complexity index is 261. The first-order chi connectivity index (χ1) is 6.72. The maximum Gasteiger partial charge on any atom is 0.208 e. The smallest absolute Gasteiger partial charge is 0.208 e. The first-order valence-corrected chi connectivity index (χ1v) is 5.96. The fourth-order valence-electron chi connectivity index (χ4n) is 1.04. The summed E-state index contributed by atoms with van der Waals surface area (Å²) in [6.07, 6.45) is 1.18. The lowest BCUT2D eigenvalue weighted by molar-refractivity contribution is 0.590. The number of hydrogen-bond donors (Lipinski definition) is 2. The molecule has 0 saturated carbocycles. The number of H-pyrrole nitrogens is 1. The quantitative estimate of drug-likeness (QED) is 0.706. The molecule has 1 heterocycles. The topological polar surface area (TPSA) is 53.6 Å². The lowest BCUT2D eigenvalue weighted by Crippen LogP contribution is -2.28. The monoisotopic (exact) mass is 214 g/mol. The van der Waals surface area contributed by atoms with Crippen molar-refractivity contribution < 1.29 is 0 Å². The van der Waals surface area contributed by atoms with E-state index in [1.54, 1.807) is 11.8 Å². The van der Waals surface area contributed by atoms with Crippen molar-refractivity contribution in [1.82, 2.24) is 20.5 Å². The van der Waals surface area contributed by atoms with Crippen LogP contribution in [0.1, 0.15) is 26.1 Å². The maximum absolute atomic E-state index is 4.23. The molecule has 14 heavy (non-hydrogen) atoms. The molecule has 2 N–H and O–H groups in total. The minimum Gasteiger partial charge on any atom is -0.313 e. The minimum absolute atomic E-state index is 0.513. The molecular formula is C9H18N4S. The van der Waals surface area contributed by atoms with E-state index in [1.807, 2.05) is 6.92 Å². The van der Waals surface area contributed by atoms with E-state index in [2.05, 4.69) is 34.3 Å². The van der Waals surface area contributed by atoms with Crippen LogP contribution in [-0.4, -0.2) is 33.5 Å². The van der Waals surface area contributed by atoms with Gasteiger partial charge in [-0.25, -0.2) is 4.98 Å². The Morgan fingerprint density at radius 2 is 2.36 bits per heavy atom. The van der Waals surface area contributed by atoms with Crippen LogP contribution in [-0.2, 0) is 0 Å². The zero-order valence-corrected chi connectivity index (χ0v) is 9.82. The Hall–Kier alpha value is -0.550. The van der Waals surface area contributed by atoms with Crippen molar-refractivity contribution in [1.29, 1.82) is 0 Å². The molecule has 4 nitrogen and oxygen atoms in total. The van der Waals surface area contributed by atoms with Gasteiger partial charge in [0.1, 0.15) is 5.82 Å². The molecule has 1 rings (SSSR count). The Balaban J connectivity index is 2.20. The molecule has 0 aliphatic heterocycles. The van der Waals surface area contributed by atoms with Crippen molar-refractivity contribution in [3.8, 4) is 0 Å². The highest BCUT2D eigenvalue weighted by atomic mass is 32.2. The number of hydrogen-bond acceptors (Lipinski definition) is 4. The second kappa shape index (κ2) is 6.03. The lowest BCUT2D eigenvalue weighted by Gasteiger charge is -2.10. The van der Waals surface area contributed by atoms with E-state index >= 15 is 0 Å². The molecule has 1 aromatic heterocycles. The number of nitrogens with zero attached hydrogens (tertiary/aromatic N) is 2. The summed E-state index contributed by atoms with van der Waals surface area (Å²) >= 11 is 1.68. The van der Waals surface area contributed by atoms with Gasteiger partial charge in [-0.1, -0.05) is 18.7 Å². The third kappa shape index (κ3) is 4.11. The number of aromatic nitrogens is 3. The van der Waals surface area contributed by atoms with Crippen LogP contribution in [0.3, 0.4) is 0 Å². The zero-order valence-electron chi connectivity index (χ0n) is 9.00. The highest BCUT2D eigenvalue weighted by Crippen LogP contribution is 2.12. The number of aryl methyl sites for hydroxylation is 1. The van der Waals surface area contributed by atoms with E-state index in [9.17, 15) is 0 Å². The summed E-state index contributed by atoms with van der Waals surface area (Å²) in [6.45, 7) is 7.35. The van der Waals surface area contributed by atoms with Crippen LogP contribution in [0.2, 0.25) is 0 Å². The van der Waals surface area contributed by atoms with Crippen LogP contribution in [0.5, 0.6) is 0 Å². The fourth-order valence-corrected chi connectivity index (χ4v) is 1.86. The summed E-state index contributed by atoms with van der Waals surface area (Å²) in [7, 11) is 0. The number of nitrogens with one attached hydrogen (secondary N) is 2. The van der Waals surface area contributed by atoms with Crippen LogP contribution in [0, 0.1) is 6.92 Å². The van der Waals surface area contributed by atoms with Crippen LogP contribution >= 0.6 is 11.8 Å². The van der Waals surface area contributed by atoms with Crippen molar-refractivity contribution >= 4 is 11.8 Å². The molecule has 1 unspecified atom stereocenters. The number of thioether (sulfide) groups is 1. The number of aromatic amines is 1. The Labute approximate surface area is 89.3 Å². The van der Waals surface area contributed by atoms with Gasteiger partial charge in [-0.05, 0) is 26.8 Å². The summed E-state index contributed by atoms with van der Waals surface area (Å²) in [5.41, 5.74) is 0. The normalized spacial score (nSPS) is 13.1. The van der Waals surface area contributed by atoms with Crippen LogP contribution in [0.4, 0.5) is 0 Å². The highest BCUT2D eigenvalue weighted by molar-refractivity contribution is 7.99. The van der Waals surface area contributed by atoms with Gasteiger partial charge in [0, 0.05) is 11.8 Å². The SMILES string of the molecule is CCCNC(C)CSc1n[nH]c(C)n1. The van der Waals surface area contributed by atoms with Crippen LogP contribution in [0.15, 0.2) is 5.16 Å². The molecule has 0 aliphatic carbocycles. The molecule has 0 spiro atoms. The van der Waals surface area contributed by atoms with Crippen molar-refractivity contribution in [2.24, 2.45) is 0 Å². The van der Waals surface area contributed by atoms with Gasteiger partial charge in [0.2, 0.25) is 5.16 Å². The average Bonchev–Trinajstić information content (AvgIpc) is 2.58. The van der Waals surface area contributed by atoms with Gasteiger partial charge in [0.25, 0.3) is 0 Å². The van der Waals surface area contributed by atoms with Gasteiger partial charge >= 0.3 is 0 Å². The minimum atomic E-state index is 0.513. The van der Waals surface area contributed by atoms with Gasteiger partial charge in [0.15, 0.2) is 0 Å². The molecular weight excluding hydrogens is 196 g/mol. The van der Waals surface area contributed by atoms with E-state index in [1.165, 1.54) is 6.42 Å². The summed E-state index contributed by atoms with van der Waals surface area (Å²) in [6, 6.07) is 0.513. The molecule has 1 atom stereocenters. The predicted molar refractivity (Wildman–Crippen MR) is 59.6 cm³/mol. The molecule has 80 valence electrons. The summed E-state index contributed by atoms with van der Waals surface area (Å²) in [5, 5.41) is 11.2. The zero-order chi connectivity index (χ0) is 10.4. The van der Waals surface area contributed by atoms with Crippen molar-refractivity contribution in [3.05, 3.63) is 5.82 Å². The molecule has 0 bridgehead atoms. The first kappa shape index (κ1) is 11.5. The second-order valence-corrected chi connectivity index (χ2v) is 4.36. The summed E-state index contributed by atoms with van der Waals surface area (Å²) in [5.74, 6) is 1.89. The Kier molecular flexibility index (Phi) is 4.97. The number of rotatable bonds is 6. The average molecular weight is 214 g/mol. The molecule has 0 fully saturated rings. The highest BCUT2D eigenvalue weighted by Gasteiger charge is 2.04. The van der Waals surface area contributed by atoms with E-state index in [4.69, 9.17) is 0 Å². The van der Waals surface area contributed by atoms with Gasteiger partial charge in [-0.3, -0.25) is 5.10 Å². The van der Waals surface area contributed by atoms with Crippen LogP contribution in [0.25, 0.3) is 0 Å². The van der Waals surface area contributed by atoms with E-state index in [0.29, 0.717) is 6.04 Å². The summed E-state index contributed by atoms with van der Waals surface area (Å²) in [4.78, 5) is 4.23. The largest absolute Gasteiger partial charge is 0.313 e. The third-order valence-corrected chi connectivity index (χ3v) is 2.89. The van der Waals surface area contributed by atoms with Gasteiger partial charge < -0.3 is 5.32 Å². The molecule has 1 aromatic rings. The summed E-state index contributed by atoms with van der Waals surface area (Å²) < 4.78 is 0. The molecule has 0 amide bonds. The van der Waals surface area contributed by atoms with Crippen molar-refractivity contribution in [2.45, 2.75) is 38.4 Å². The maximum atomic E-state index is 4.23. The van der Waals surface area contributed by atoms with Crippen molar-refractivity contribution in [3.63, 3.8) is 0 Å². The molecule has 0 aromatic carbocycles. The van der Waals surface area contributed by atoms with Gasteiger partial charge in [-0.2, -0.15) is 0 Å². The molecule has 0 radical (unpaired) electrons. The lowest BCUT2D eigenvalue weighted by atomic mass is 10.3. The van der Waals surface area contributed by atoms with E-state index in [0.717, 1.165) is 23.3 Å². The second-order valence-electron chi connectivity index (χ2n) is 3.37. The fraction of sp³-hybridized carbons (Fsp3) is 0.778. The predicted octanol–water partition coefficient (Wildman–Crippen LogP) is 1.59. The van der Waals surface area contributed by atoms with E-state index in [-0.39, 0.29) is 0 Å². The van der Waals surface area contributed by atoms with Gasteiger partial charge in [-0.15, -0.1) is 5.10 Å². The van der Waals surface area contributed by atoms with Gasteiger partial charge in [0.05, 0.1) is 0 Å². The third-order valence-electron chi connectivity index (χ3n) is 1.78. The molecule has 5 heteroatoms.